The summed E-state index contributed by atoms with van der Waals surface area (Å²) in [4.78, 5) is 0. The minimum Gasteiger partial charge on any atom is -0.502 e. The molecular weight excluding hydrogens is 224 g/mol. The molecular formula is C11H24O4Si. The molecule has 16 heavy (non-hydrogen) atoms. The van der Waals surface area contributed by atoms with Gasteiger partial charge in [-0.2, -0.15) is 0 Å². The zero-order valence-corrected chi connectivity index (χ0v) is 11.7. The van der Waals surface area contributed by atoms with E-state index in [2.05, 4.69) is 6.58 Å². The predicted molar refractivity (Wildman–Crippen MR) is 66.2 cm³/mol. The van der Waals surface area contributed by atoms with Crippen molar-refractivity contribution in [2.75, 3.05) is 26.4 Å². The third kappa shape index (κ3) is 6.27. The Kier molecular flexibility index (Phi) is 9.61. The van der Waals surface area contributed by atoms with Crippen LogP contribution in [0.5, 0.6) is 0 Å². The van der Waals surface area contributed by atoms with E-state index in [1.54, 1.807) is 0 Å². The van der Waals surface area contributed by atoms with Gasteiger partial charge in [0, 0.05) is 25.9 Å². The summed E-state index contributed by atoms with van der Waals surface area (Å²) in [7, 11) is -2.46. The molecule has 0 aliphatic carbocycles. The van der Waals surface area contributed by atoms with Gasteiger partial charge in [0.05, 0.1) is 12.9 Å². The minimum absolute atomic E-state index is 0.620. The van der Waals surface area contributed by atoms with Crippen molar-refractivity contribution in [3.63, 3.8) is 0 Å². The zero-order chi connectivity index (χ0) is 12.3. The monoisotopic (exact) mass is 248 g/mol. The third-order valence-corrected chi connectivity index (χ3v) is 5.11. The van der Waals surface area contributed by atoms with Crippen molar-refractivity contribution in [3.8, 4) is 0 Å². The summed E-state index contributed by atoms with van der Waals surface area (Å²) in [6.45, 7) is 11.9. The Hall–Kier alpha value is -0.363. The third-order valence-electron chi connectivity index (χ3n) is 1.96. The summed E-state index contributed by atoms with van der Waals surface area (Å²) in [5, 5.41) is 0. The van der Waals surface area contributed by atoms with E-state index in [0.717, 1.165) is 12.5 Å². The summed E-state index contributed by atoms with van der Waals surface area (Å²) < 4.78 is 22.2. The molecule has 0 aliphatic heterocycles. The molecule has 5 heteroatoms. The largest absolute Gasteiger partial charge is 0.502 e. The van der Waals surface area contributed by atoms with Crippen LogP contribution in [-0.2, 0) is 18.0 Å². The van der Waals surface area contributed by atoms with E-state index in [0.29, 0.717) is 26.4 Å². The summed E-state index contributed by atoms with van der Waals surface area (Å²) in [5.74, 6) is 0. The topological polar surface area (TPSA) is 36.9 Å². The average molecular weight is 248 g/mol. The number of rotatable bonds is 11. The van der Waals surface area contributed by atoms with Crippen LogP contribution in [0, 0.1) is 0 Å². The lowest BCUT2D eigenvalue weighted by Crippen LogP contribution is -2.46. The van der Waals surface area contributed by atoms with Crippen molar-refractivity contribution in [2.45, 2.75) is 33.2 Å². The highest BCUT2D eigenvalue weighted by Gasteiger charge is 2.39. The lowest BCUT2D eigenvalue weighted by molar-refractivity contribution is 0.0690. The summed E-state index contributed by atoms with van der Waals surface area (Å²) in [6, 6.07) is 0.788. The van der Waals surface area contributed by atoms with Gasteiger partial charge in [0.2, 0.25) is 0 Å². The summed E-state index contributed by atoms with van der Waals surface area (Å²) in [5.41, 5.74) is 0. The molecule has 0 heterocycles. The van der Waals surface area contributed by atoms with Crippen molar-refractivity contribution in [2.24, 2.45) is 0 Å². The highest BCUT2D eigenvalue weighted by atomic mass is 28.4. The van der Waals surface area contributed by atoms with Crippen molar-refractivity contribution in [1.29, 1.82) is 0 Å². The van der Waals surface area contributed by atoms with Gasteiger partial charge in [0.15, 0.2) is 0 Å². The SMILES string of the molecule is C=COCCC[Si](OCC)(OCC)OCC. The maximum Gasteiger partial charge on any atom is 0.501 e. The van der Waals surface area contributed by atoms with E-state index >= 15 is 0 Å². The maximum atomic E-state index is 5.70. The second kappa shape index (κ2) is 9.83. The second-order valence-corrected chi connectivity index (χ2v) is 5.86. The Bertz CT molecular complexity index is 158. The first-order chi connectivity index (χ1) is 7.74. The number of hydrogen-bond donors (Lipinski definition) is 0. The van der Waals surface area contributed by atoms with Gasteiger partial charge in [-0.15, -0.1) is 0 Å². The number of hydrogen-bond acceptors (Lipinski definition) is 4. The molecule has 0 aromatic carbocycles. The molecule has 0 saturated carbocycles. The van der Waals surface area contributed by atoms with Gasteiger partial charge in [-0.25, -0.2) is 0 Å². The van der Waals surface area contributed by atoms with Crippen LogP contribution in [0.3, 0.4) is 0 Å². The fourth-order valence-electron chi connectivity index (χ4n) is 1.46. The van der Waals surface area contributed by atoms with Gasteiger partial charge in [-0.05, 0) is 27.2 Å². The number of ether oxygens (including phenoxy) is 1. The van der Waals surface area contributed by atoms with E-state index in [9.17, 15) is 0 Å². The zero-order valence-electron chi connectivity index (χ0n) is 10.7. The molecule has 0 amide bonds. The molecule has 4 nitrogen and oxygen atoms in total. The first-order valence-electron chi connectivity index (χ1n) is 5.89. The van der Waals surface area contributed by atoms with Crippen LogP contribution in [0.25, 0.3) is 0 Å². The fourth-order valence-corrected chi connectivity index (χ4v) is 4.04. The second-order valence-electron chi connectivity index (χ2n) is 3.12. The maximum absolute atomic E-state index is 5.70. The van der Waals surface area contributed by atoms with E-state index in [1.165, 1.54) is 6.26 Å². The first-order valence-corrected chi connectivity index (χ1v) is 7.82. The molecule has 0 rings (SSSR count). The smallest absolute Gasteiger partial charge is 0.501 e. The van der Waals surface area contributed by atoms with Gasteiger partial charge in [-0.3, -0.25) is 0 Å². The highest BCUT2D eigenvalue weighted by molar-refractivity contribution is 6.60. The molecule has 0 atom stereocenters. The lowest BCUT2D eigenvalue weighted by atomic mass is 10.5. The van der Waals surface area contributed by atoms with Crippen LogP contribution in [0.1, 0.15) is 27.2 Å². The molecule has 0 bridgehead atoms. The molecule has 0 radical (unpaired) electrons. The standard InChI is InChI=1S/C11H24O4Si/c1-5-12-10-9-11-16(13-6-2,14-7-3)15-8-4/h5H,1,6-11H2,2-4H3. The Morgan fingerprint density at radius 1 is 1.00 bits per heavy atom. The average Bonchev–Trinajstić information content (AvgIpc) is 2.26. The minimum atomic E-state index is -2.46. The molecule has 0 aliphatic rings. The summed E-state index contributed by atoms with van der Waals surface area (Å²) >= 11 is 0. The molecule has 0 spiro atoms. The molecule has 0 aromatic rings. The molecule has 0 N–H and O–H groups in total. The van der Waals surface area contributed by atoms with Gasteiger partial charge in [0.25, 0.3) is 0 Å². The van der Waals surface area contributed by atoms with E-state index in [-0.39, 0.29) is 0 Å². The lowest BCUT2D eigenvalue weighted by Gasteiger charge is -2.28. The van der Waals surface area contributed by atoms with Gasteiger partial charge < -0.3 is 18.0 Å². The van der Waals surface area contributed by atoms with Gasteiger partial charge in [0.1, 0.15) is 0 Å². The highest BCUT2D eigenvalue weighted by Crippen LogP contribution is 2.18. The molecule has 0 fully saturated rings. The van der Waals surface area contributed by atoms with Crippen LogP contribution in [-0.4, -0.2) is 35.2 Å². The van der Waals surface area contributed by atoms with E-state index in [1.807, 2.05) is 20.8 Å². The normalized spacial score (nSPS) is 11.4. The van der Waals surface area contributed by atoms with Crippen LogP contribution < -0.4 is 0 Å². The van der Waals surface area contributed by atoms with Crippen molar-refractivity contribution < 1.29 is 18.0 Å². The Balaban J connectivity index is 4.17. The van der Waals surface area contributed by atoms with Crippen LogP contribution in [0.15, 0.2) is 12.8 Å². The van der Waals surface area contributed by atoms with Crippen molar-refractivity contribution in [3.05, 3.63) is 12.8 Å². The fraction of sp³-hybridized carbons (Fsp3) is 0.818. The van der Waals surface area contributed by atoms with E-state index in [4.69, 9.17) is 18.0 Å². The Morgan fingerprint density at radius 3 is 1.88 bits per heavy atom. The molecule has 0 unspecified atom stereocenters. The predicted octanol–water partition coefficient (Wildman–Crippen LogP) is 2.59. The van der Waals surface area contributed by atoms with Gasteiger partial charge >= 0.3 is 8.80 Å². The molecule has 0 aromatic heterocycles. The Morgan fingerprint density at radius 2 is 1.50 bits per heavy atom. The first kappa shape index (κ1) is 15.6. The van der Waals surface area contributed by atoms with Crippen molar-refractivity contribution >= 4 is 8.80 Å². The van der Waals surface area contributed by atoms with Crippen LogP contribution >= 0.6 is 0 Å². The van der Waals surface area contributed by atoms with Crippen molar-refractivity contribution in [1.82, 2.24) is 0 Å². The van der Waals surface area contributed by atoms with Crippen LogP contribution in [0.2, 0.25) is 6.04 Å². The molecule has 0 saturated heterocycles. The quantitative estimate of drug-likeness (QED) is 0.320. The van der Waals surface area contributed by atoms with E-state index < -0.39 is 8.80 Å². The van der Waals surface area contributed by atoms with Crippen LogP contribution in [0.4, 0.5) is 0 Å². The molecule has 96 valence electrons. The summed E-state index contributed by atoms with van der Waals surface area (Å²) in [6.07, 6.45) is 2.31. The van der Waals surface area contributed by atoms with Gasteiger partial charge in [-0.1, -0.05) is 6.58 Å². The Labute approximate surface area is 99.9 Å².